The van der Waals surface area contributed by atoms with Crippen molar-refractivity contribution in [2.24, 2.45) is 12.8 Å². The Morgan fingerprint density at radius 2 is 1.97 bits per heavy atom. The van der Waals surface area contributed by atoms with E-state index in [1.807, 2.05) is 12.1 Å². The molecule has 3 heterocycles. The Bertz CT molecular complexity index is 1510. The number of nitrogens with one attached hydrogen (secondary N) is 2. The van der Waals surface area contributed by atoms with Crippen LogP contribution in [-0.4, -0.2) is 81.1 Å². The highest BCUT2D eigenvalue weighted by atomic mass is 15.6. The fourth-order valence-electron chi connectivity index (χ4n) is 4.63. The van der Waals surface area contributed by atoms with Gasteiger partial charge in [-0.25, -0.2) is 9.97 Å². The molecule has 5 rings (SSSR count). The van der Waals surface area contributed by atoms with Gasteiger partial charge < -0.3 is 20.9 Å². The smallest absolute Gasteiger partial charge is 0.204 e. The van der Waals surface area contributed by atoms with Crippen LogP contribution < -0.4 is 16.5 Å². The second kappa shape index (κ2) is 11.1. The van der Waals surface area contributed by atoms with E-state index < -0.39 is 0 Å². The molecule has 0 bridgehead atoms. The summed E-state index contributed by atoms with van der Waals surface area (Å²) in [6.45, 7) is 3.55. The number of anilines is 1. The largest absolute Gasteiger partial charge is 0.369 e. The number of benzene rings is 2. The molecule has 0 amide bonds. The van der Waals surface area contributed by atoms with Gasteiger partial charge in [0.25, 0.3) is 0 Å². The number of H-pyrrole nitrogens is 1. The first-order valence-corrected chi connectivity index (χ1v) is 12.7. The topological polar surface area (TPSA) is 126 Å². The highest BCUT2D eigenvalue weighted by Crippen LogP contribution is 2.32. The fourth-order valence-corrected chi connectivity index (χ4v) is 4.63. The second-order valence-corrected chi connectivity index (χ2v) is 9.59. The van der Waals surface area contributed by atoms with Crippen LogP contribution in [0.2, 0.25) is 0 Å². The Labute approximate surface area is 217 Å². The van der Waals surface area contributed by atoms with Gasteiger partial charge in [-0.05, 0) is 56.4 Å². The number of nitrogens with two attached hydrogens (primary N) is 1. The first-order chi connectivity index (χ1) is 18.0. The zero-order chi connectivity index (χ0) is 25.8. The first-order valence-electron chi connectivity index (χ1n) is 12.7. The number of rotatable bonds is 11. The molecule has 11 heteroatoms. The van der Waals surface area contributed by atoms with Crippen molar-refractivity contribution in [1.29, 1.82) is 0 Å². The molecular formula is C26H33BN10. The summed E-state index contributed by atoms with van der Waals surface area (Å²) >= 11 is 0. The number of aryl methyl sites for hydroxylation is 1. The SMILES string of the molecule is Bc1cccc(Cc2nc(NCCCN(C)CCCN)c3c(n2)[nH]c2cc(-c4nnn(C)n4)ccc23)c1. The molecule has 37 heavy (non-hydrogen) atoms. The van der Waals surface area contributed by atoms with Gasteiger partial charge in [-0.3, -0.25) is 0 Å². The third-order valence-corrected chi connectivity index (χ3v) is 6.46. The molecule has 10 nitrogen and oxygen atoms in total. The minimum atomic E-state index is 0.589. The minimum Gasteiger partial charge on any atom is -0.369 e. The first kappa shape index (κ1) is 24.9. The Balaban J connectivity index is 1.47. The van der Waals surface area contributed by atoms with Crippen LogP contribution in [0.4, 0.5) is 5.82 Å². The van der Waals surface area contributed by atoms with Crippen molar-refractivity contribution in [3.63, 3.8) is 0 Å². The summed E-state index contributed by atoms with van der Waals surface area (Å²) < 4.78 is 0. The number of hydrogen-bond acceptors (Lipinski definition) is 8. The average Bonchev–Trinajstić information content (AvgIpc) is 3.48. The zero-order valence-electron chi connectivity index (χ0n) is 21.7. The molecule has 0 spiro atoms. The van der Waals surface area contributed by atoms with Crippen LogP contribution in [0.1, 0.15) is 24.2 Å². The van der Waals surface area contributed by atoms with E-state index in [2.05, 4.69) is 75.8 Å². The molecule has 0 fully saturated rings. The van der Waals surface area contributed by atoms with Gasteiger partial charge in [0.1, 0.15) is 25.1 Å². The molecule has 0 unspecified atom stereocenters. The van der Waals surface area contributed by atoms with Crippen molar-refractivity contribution >= 4 is 41.1 Å². The molecule has 0 aliphatic heterocycles. The van der Waals surface area contributed by atoms with E-state index in [0.29, 0.717) is 12.2 Å². The standard InChI is InChI=1S/C26H33BN10/c1-36(12-4-10-28)13-5-11-29-25-23-20-9-8-18(24-33-35-37(2)34-24)16-21(20)30-26(23)32-22(31-25)15-17-6-3-7-19(27)14-17/h3,6-9,14,16H,4-5,10-13,15,27-28H2,1-2H3,(H2,29,30,31,32). The van der Waals surface area contributed by atoms with Crippen molar-refractivity contribution in [2.75, 3.05) is 38.5 Å². The maximum absolute atomic E-state index is 5.65. The van der Waals surface area contributed by atoms with Crippen LogP contribution in [0.5, 0.6) is 0 Å². The van der Waals surface area contributed by atoms with Crippen LogP contribution in [0.3, 0.4) is 0 Å². The van der Waals surface area contributed by atoms with Gasteiger partial charge in [-0.1, -0.05) is 41.9 Å². The maximum atomic E-state index is 5.65. The summed E-state index contributed by atoms with van der Waals surface area (Å²) in [5, 5.41) is 18.1. The van der Waals surface area contributed by atoms with Gasteiger partial charge in [-0.15, -0.1) is 10.2 Å². The summed E-state index contributed by atoms with van der Waals surface area (Å²) in [5.74, 6) is 2.23. The van der Waals surface area contributed by atoms with E-state index >= 15 is 0 Å². The van der Waals surface area contributed by atoms with Gasteiger partial charge in [0.2, 0.25) is 5.82 Å². The molecule has 0 radical (unpaired) electrons. The van der Waals surface area contributed by atoms with Gasteiger partial charge >= 0.3 is 0 Å². The monoisotopic (exact) mass is 496 g/mol. The molecule has 0 saturated heterocycles. The van der Waals surface area contributed by atoms with Crippen LogP contribution in [0.25, 0.3) is 33.3 Å². The second-order valence-electron chi connectivity index (χ2n) is 9.59. The van der Waals surface area contributed by atoms with E-state index in [1.165, 1.54) is 15.8 Å². The molecule has 3 aromatic heterocycles. The lowest BCUT2D eigenvalue weighted by Gasteiger charge is -2.16. The molecule has 0 atom stereocenters. The third-order valence-electron chi connectivity index (χ3n) is 6.46. The Morgan fingerprint density at radius 3 is 2.76 bits per heavy atom. The van der Waals surface area contributed by atoms with E-state index in [0.717, 1.165) is 78.2 Å². The minimum absolute atomic E-state index is 0.589. The van der Waals surface area contributed by atoms with Crippen molar-refractivity contribution < 1.29 is 0 Å². The normalized spacial score (nSPS) is 11.7. The molecule has 4 N–H and O–H groups in total. The molecule has 0 saturated carbocycles. The van der Waals surface area contributed by atoms with Crippen LogP contribution in [0.15, 0.2) is 42.5 Å². The summed E-state index contributed by atoms with van der Waals surface area (Å²) in [6.07, 6.45) is 2.68. The molecule has 0 aliphatic carbocycles. The summed E-state index contributed by atoms with van der Waals surface area (Å²) in [7, 11) is 6.01. The van der Waals surface area contributed by atoms with E-state index in [4.69, 9.17) is 15.7 Å². The predicted molar refractivity (Wildman–Crippen MR) is 151 cm³/mol. The highest BCUT2D eigenvalue weighted by molar-refractivity contribution is 6.32. The van der Waals surface area contributed by atoms with Crippen molar-refractivity contribution in [3.05, 3.63) is 53.9 Å². The Morgan fingerprint density at radius 1 is 1.11 bits per heavy atom. The van der Waals surface area contributed by atoms with Crippen LogP contribution in [-0.2, 0) is 13.5 Å². The molecule has 2 aromatic carbocycles. The third kappa shape index (κ3) is 5.78. The van der Waals surface area contributed by atoms with Gasteiger partial charge in [-0.2, -0.15) is 4.80 Å². The van der Waals surface area contributed by atoms with Crippen molar-refractivity contribution in [2.45, 2.75) is 19.3 Å². The number of tetrazole rings is 1. The zero-order valence-corrected chi connectivity index (χ0v) is 21.7. The summed E-state index contributed by atoms with van der Waals surface area (Å²) in [5.41, 5.74) is 10.8. The highest BCUT2D eigenvalue weighted by Gasteiger charge is 2.16. The van der Waals surface area contributed by atoms with Crippen LogP contribution in [0, 0.1) is 0 Å². The van der Waals surface area contributed by atoms with Crippen LogP contribution >= 0.6 is 0 Å². The fraction of sp³-hybridized carbons (Fsp3) is 0.346. The van der Waals surface area contributed by atoms with Crippen molar-refractivity contribution in [1.82, 2.24) is 40.1 Å². The number of aromatic nitrogens is 7. The average molecular weight is 496 g/mol. The van der Waals surface area contributed by atoms with Gasteiger partial charge in [0.15, 0.2) is 0 Å². The number of aromatic amines is 1. The maximum Gasteiger partial charge on any atom is 0.204 e. The Kier molecular flexibility index (Phi) is 7.43. The lowest BCUT2D eigenvalue weighted by molar-refractivity contribution is 0.330. The number of nitrogens with zero attached hydrogens (tertiary/aromatic N) is 7. The summed E-state index contributed by atoms with van der Waals surface area (Å²) in [6, 6.07) is 14.6. The van der Waals surface area contributed by atoms with E-state index in [-0.39, 0.29) is 0 Å². The molecule has 5 aromatic rings. The number of hydrogen-bond donors (Lipinski definition) is 3. The lowest BCUT2D eigenvalue weighted by atomic mass is 9.94. The lowest BCUT2D eigenvalue weighted by Crippen LogP contribution is -2.24. The molecular weight excluding hydrogens is 463 g/mol. The van der Waals surface area contributed by atoms with Crippen molar-refractivity contribution in [3.8, 4) is 11.4 Å². The summed E-state index contributed by atoms with van der Waals surface area (Å²) in [4.78, 5) is 17.2. The predicted octanol–water partition coefficient (Wildman–Crippen LogP) is 1.23. The van der Waals surface area contributed by atoms with Gasteiger partial charge in [0, 0.05) is 29.4 Å². The number of fused-ring (bicyclic) bond motifs is 3. The van der Waals surface area contributed by atoms with Gasteiger partial charge in [0.05, 0.1) is 12.4 Å². The molecule has 0 aliphatic rings. The van der Waals surface area contributed by atoms with E-state index in [9.17, 15) is 0 Å². The van der Waals surface area contributed by atoms with E-state index in [1.54, 1.807) is 7.05 Å². The quantitative estimate of drug-likeness (QED) is 0.184. The molecule has 190 valence electrons. The Hall–Kier alpha value is -3.83.